The zero-order valence-electron chi connectivity index (χ0n) is 10.5. The number of carbonyl (C=O) groups excluding carboxylic acids is 1. The van der Waals surface area contributed by atoms with Crippen molar-refractivity contribution in [3.63, 3.8) is 0 Å². The molecule has 2 heterocycles. The van der Waals surface area contributed by atoms with Crippen LogP contribution in [0.3, 0.4) is 0 Å². The fraction of sp³-hybridized carbons (Fsp3) is 0.786. The van der Waals surface area contributed by atoms with E-state index in [1.54, 1.807) is 6.08 Å². The van der Waals surface area contributed by atoms with Gasteiger partial charge in [-0.15, -0.1) is 0 Å². The molecule has 1 amide bonds. The first kappa shape index (κ1) is 11.3. The third-order valence-corrected chi connectivity index (χ3v) is 4.51. The Hall–Kier alpha value is -0.830. The van der Waals surface area contributed by atoms with Crippen molar-refractivity contribution in [3.8, 4) is 0 Å². The van der Waals surface area contributed by atoms with Crippen LogP contribution in [0.4, 0.5) is 0 Å². The van der Waals surface area contributed by atoms with Crippen molar-refractivity contribution >= 4 is 5.91 Å². The first-order valence-electron chi connectivity index (χ1n) is 6.85. The van der Waals surface area contributed by atoms with Crippen LogP contribution in [-0.4, -0.2) is 29.2 Å². The highest BCUT2D eigenvalue weighted by Crippen LogP contribution is 2.38. The molecule has 1 saturated carbocycles. The van der Waals surface area contributed by atoms with E-state index in [-0.39, 0.29) is 5.91 Å². The minimum atomic E-state index is -0.448. The van der Waals surface area contributed by atoms with Gasteiger partial charge in [0.2, 0.25) is 5.91 Å². The lowest BCUT2D eigenvalue weighted by Crippen LogP contribution is -2.44. The standard InChI is InChI=1S/C14H21NO2/c1-14-8-7-13(16)15(14)12(10-17-14)9-11-5-3-2-4-6-11/h7-8,11-12H,2-6,9-10H2,1H3/t12-,14-/m0/s1. The maximum absolute atomic E-state index is 11.9. The fourth-order valence-electron chi connectivity index (χ4n) is 3.59. The van der Waals surface area contributed by atoms with Crippen molar-refractivity contribution in [3.05, 3.63) is 12.2 Å². The summed E-state index contributed by atoms with van der Waals surface area (Å²) < 4.78 is 5.81. The topological polar surface area (TPSA) is 29.5 Å². The minimum Gasteiger partial charge on any atom is -0.350 e. The van der Waals surface area contributed by atoms with Gasteiger partial charge >= 0.3 is 0 Å². The molecular weight excluding hydrogens is 214 g/mol. The van der Waals surface area contributed by atoms with E-state index in [9.17, 15) is 4.79 Å². The fourth-order valence-corrected chi connectivity index (χ4v) is 3.59. The van der Waals surface area contributed by atoms with Crippen molar-refractivity contribution < 1.29 is 9.53 Å². The van der Waals surface area contributed by atoms with Crippen LogP contribution < -0.4 is 0 Å². The number of hydrogen-bond donors (Lipinski definition) is 0. The number of nitrogens with zero attached hydrogens (tertiary/aromatic N) is 1. The van der Waals surface area contributed by atoms with Gasteiger partial charge in [0.25, 0.3) is 0 Å². The van der Waals surface area contributed by atoms with Crippen molar-refractivity contribution in [2.24, 2.45) is 5.92 Å². The van der Waals surface area contributed by atoms with Gasteiger partial charge in [-0.05, 0) is 25.3 Å². The zero-order valence-corrected chi connectivity index (χ0v) is 10.5. The molecule has 0 aromatic heterocycles. The molecule has 2 atom stereocenters. The van der Waals surface area contributed by atoms with Crippen LogP contribution in [0.25, 0.3) is 0 Å². The Kier molecular flexibility index (Phi) is 2.74. The Morgan fingerprint density at radius 2 is 2.18 bits per heavy atom. The maximum Gasteiger partial charge on any atom is 0.249 e. The maximum atomic E-state index is 11.9. The molecule has 2 aliphatic heterocycles. The molecule has 0 unspecified atom stereocenters. The molecule has 0 aromatic rings. The first-order chi connectivity index (χ1) is 8.19. The molecule has 1 aliphatic carbocycles. The van der Waals surface area contributed by atoms with Crippen LogP contribution in [-0.2, 0) is 9.53 Å². The Morgan fingerprint density at radius 1 is 1.41 bits per heavy atom. The molecule has 0 N–H and O–H groups in total. The summed E-state index contributed by atoms with van der Waals surface area (Å²) >= 11 is 0. The summed E-state index contributed by atoms with van der Waals surface area (Å²) in [7, 11) is 0. The molecule has 2 fully saturated rings. The molecule has 3 rings (SSSR count). The molecular formula is C14H21NO2. The normalized spacial score (nSPS) is 37.8. The monoisotopic (exact) mass is 235 g/mol. The molecule has 3 heteroatoms. The summed E-state index contributed by atoms with van der Waals surface area (Å²) in [5, 5.41) is 0. The lowest BCUT2D eigenvalue weighted by atomic mass is 9.84. The van der Waals surface area contributed by atoms with E-state index in [1.165, 1.54) is 32.1 Å². The molecule has 0 spiro atoms. The molecule has 0 bridgehead atoms. The van der Waals surface area contributed by atoms with Gasteiger partial charge in [0, 0.05) is 6.08 Å². The van der Waals surface area contributed by atoms with E-state index >= 15 is 0 Å². The van der Waals surface area contributed by atoms with Gasteiger partial charge in [0.1, 0.15) is 0 Å². The summed E-state index contributed by atoms with van der Waals surface area (Å²) in [5.41, 5.74) is -0.448. The molecule has 1 saturated heterocycles. The smallest absolute Gasteiger partial charge is 0.249 e. The highest BCUT2D eigenvalue weighted by atomic mass is 16.5. The van der Waals surface area contributed by atoms with Crippen LogP contribution >= 0.6 is 0 Å². The van der Waals surface area contributed by atoms with Crippen LogP contribution in [0.2, 0.25) is 0 Å². The van der Waals surface area contributed by atoms with Gasteiger partial charge in [-0.2, -0.15) is 0 Å². The highest BCUT2D eigenvalue weighted by Gasteiger charge is 2.48. The number of ether oxygens (including phenoxy) is 1. The van der Waals surface area contributed by atoms with Crippen LogP contribution in [0.15, 0.2) is 12.2 Å². The van der Waals surface area contributed by atoms with E-state index in [2.05, 4.69) is 0 Å². The second kappa shape index (κ2) is 4.13. The molecule has 0 radical (unpaired) electrons. The molecule has 94 valence electrons. The predicted molar refractivity (Wildman–Crippen MR) is 65.3 cm³/mol. The van der Waals surface area contributed by atoms with Gasteiger partial charge in [-0.1, -0.05) is 32.1 Å². The average Bonchev–Trinajstić information content (AvgIpc) is 2.80. The van der Waals surface area contributed by atoms with E-state index in [0.29, 0.717) is 12.6 Å². The second-order valence-electron chi connectivity index (χ2n) is 5.80. The van der Waals surface area contributed by atoms with Crippen molar-refractivity contribution in [2.75, 3.05) is 6.61 Å². The first-order valence-corrected chi connectivity index (χ1v) is 6.85. The van der Waals surface area contributed by atoms with Gasteiger partial charge in [-0.3, -0.25) is 4.79 Å². The number of hydrogen-bond acceptors (Lipinski definition) is 2. The Bertz CT molecular complexity index is 346. The lowest BCUT2D eigenvalue weighted by Gasteiger charge is -2.32. The van der Waals surface area contributed by atoms with Crippen molar-refractivity contribution in [1.82, 2.24) is 4.90 Å². The summed E-state index contributed by atoms with van der Waals surface area (Å²) in [6.45, 7) is 2.71. The van der Waals surface area contributed by atoms with E-state index in [1.807, 2.05) is 17.9 Å². The minimum absolute atomic E-state index is 0.130. The lowest BCUT2D eigenvalue weighted by molar-refractivity contribution is -0.134. The Morgan fingerprint density at radius 3 is 2.94 bits per heavy atom. The zero-order chi connectivity index (χ0) is 11.9. The van der Waals surface area contributed by atoms with Gasteiger partial charge in [-0.25, -0.2) is 0 Å². The van der Waals surface area contributed by atoms with Crippen molar-refractivity contribution in [1.29, 1.82) is 0 Å². The number of amides is 1. The predicted octanol–water partition coefficient (Wildman–Crippen LogP) is 2.47. The van der Waals surface area contributed by atoms with Crippen LogP contribution in [0.1, 0.15) is 45.4 Å². The SMILES string of the molecule is C[C@]12C=CC(=O)N1[C@@H](CC1CCCCC1)CO2. The van der Waals surface area contributed by atoms with Gasteiger partial charge in [0.15, 0.2) is 5.72 Å². The van der Waals surface area contributed by atoms with E-state index < -0.39 is 5.72 Å². The van der Waals surface area contributed by atoms with E-state index in [4.69, 9.17) is 4.74 Å². The average molecular weight is 235 g/mol. The molecule has 0 aromatic carbocycles. The van der Waals surface area contributed by atoms with Gasteiger partial charge < -0.3 is 9.64 Å². The summed E-state index contributed by atoms with van der Waals surface area (Å²) in [6.07, 6.45) is 11.5. The molecule has 17 heavy (non-hydrogen) atoms. The second-order valence-corrected chi connectivity index (χ2v) is 5.80. The molecule has 3 nitrogen and oxygen atoms in total. The summed E-state index contributed by atoms with van der Waals surface area (Å²) in [5.74, 6) is 0.930. The van der Waals surface area contributed by atoms with E-state index in [0.717, 1.165) is 12.3 Å². The Labute approximate surface area is 103 Å². The highest BCUT2D eigenvalue weighted by molar-refractivity contribution is 5.91. The quantitative estimate of drug-likeness (QED) is 0.736. The van der Waals surface area contributed by atoms with Gasteiger partial charge in [0.05, 0.1) is 12.6 Å². The number of fused-ring (bicyclic) bond motifs is 1. The van der Waals surface area contributed by atoms with Crippen LogP contribution in [0.5, 0.6) is 0 Å². The summed E-state index contributed by atoms with van der Waals surface area (Å²) in [4.78, 5) is 13.8. The van der Waals surface area contributed by atoms with Crippen molar-refractivity contribution in [2.45, 2.75) is 57.2 Å². The van der Waals surface area contributed by atoms with Crippen LogP contribution in [0, 0.1) is 5.92 Å². The third-order valence-electron chi connectivity index (χ3n) is 4.51. The summed E-state index contributed by atoms with van der Waals surface area (Å²) in [6, 6.07) is 0.297. The molecule has 3 aliphatic rings. The Balaban J connectivity index is 1.67. The number of carbonyl (C=O) groups is 1. The largest absolute Gasteiger partial charge is 0.350 e. The number of rotatable bonds is 2. The third kappa shape index (κ3) is 1.90.